The summed E-state index contributed by atoms with van der Waals surface area (Å²) in [6, 6.07) is 3.34. The Morgan fingerprint density at radius 2 is 1.74 bits per heavy atom. The molecule has 0 atom stereocenters. The van der Waals surface area contributed by atoms with E-state index in [0.29, 0.717) is 10.8 Å². The summed E-state index contributed by atoms with van der Waals surface area (Å²) in [5.74, 6) is 0. The molecule has 0 amide bonds. The second-order valence-corrected chi connectivity index (χ2v) is 6.78. The van der Waals surface area contributed by atoms with Gasteiger partial charge in [-0.1, -0.05) is 0 Å². The first kappa shape index (κ1) is 16.3. The maximum atomic E-state index is 12.7. The van der Waals surface area contributed by atoms with Crippen molar-refractivity contribution < 1.29 is 22.5 Å². The Morgan fingerprint density at radius 1 is 1.13 bits per heavy atom. The molecule has 0 spiro atoms. The molecular formula is C15H18BF3N2O2. The number of halogens is 3. The molecule has 1 aliphatic rings. The number of alkyl halides is 3. The van der Waals surface area contributed by atoms with Crippen molar-refractivity contribution in [3.63, 3.8) is 0 Å². The van der Waals surface area contributed by atoms with E-state index in [1.165, 1.54) is 12.4 Å². The van der Waals surface area contributed by atoms with Crippen LogP contribution in [0.3, 0.4) is 0 Å². The van der Waals surface area contributed by atoms with Crippen LogP contribution in [0, 0.1) is 0 Å². The molecule has 3 heterocycles. The maximum absolute atomic E-state index is 12.7. The molecule has 2 aromatic heterocycles. The predicted octanol–water partition coefficient (Wildman–Crippen LogP) is 2.90. The third-order valence-electron chi connectivity index (χ3n) is 4.55. The van der Waals surface area contributed by atoms with Crippen molar-refractivity contribution in [2.75, 3.05) is 0 Å². The predicted molar refractivity (Wildman–Crippen MR) is 81.5 cm³/mol. The topological polar surface area (TPSA) is 36.3 Å². The molecule has 0 bridgehead atoms. The van der Waals surface area contributed by atoms with E-state index in [9.17, 15) is 13.2 Å². The number of nitrogens with zero attached hydrogens (tertiary/aromatic N) is 2. The molecule has 1 aliphatic heterocycles. The van der Waals surface area contributed by atoms with Gasteiger partial charge in [-0.05, 0) is 45.3 Å². The summed E-state index contributed by atoms with van der Waals surface area (Å²) in [6.07, 6.45) is -1.43. The van der Waals surface area contributed by atoms with Crippen molar-refractivity contribution in [2.24, 2.45) is 0 Å². The summed E-state index contributed by atoms with van der Waals surface area (Å²) < 4.78 is 51.0. The minimum Gasteiger partial charge on any atom is -0.399 e. The van der Waals surface area contributed by atoms with E-state index in [4.69, 9.17) is 9.31 Å². The fourth-order valence-corrected chi connectivity index (χ4v) is 2.61. The fraction of sp³-hybridized carbons (Fsp3) is 0.533. The zero-order chi connectivity index (χ0) is 17.0. The van der Waals surface area contributed by atoms with Gasteiger partial charge in [0, 0.05) is 17.8 Å². The van der Waals surface area contributed by atoms with Crippen LogP contribution in [0.25, 0.3) is 11.0 Å². The first-order valence-corrected chi connectivity index (χ1v) is 7.36. The number of fused-ring (bicyclic) bond motifs is 1. The summed E-state index contributed by atoms with van der Waals surface area (Å²) in [4.78, 5) is 4.08. The molecule has 124 valence electrons. The minimum atomic E-state index is -4.30. The lowest BCUT2D eigenvalue weighted by Gasteiger charge is -2.32. The normalized spacial score (nSPS) is 20.4. The average Bonchev–Trinajstić information content (AvgIpc) is 2.87. The van der Waals surface area contributed by atoms with Gasteiger partial charge in [-0.2, -0.15) is 13.2 Å². The van der Waals surface area contributed by atoms with Crippen LogP contribution >= 0.6 is 0 Å². The first-order valence-electron chi connectivity index (χ1n) is 7.36. The van der Waals surface area contributed by atoms with Crippen LogP contribution in [-0.4, -0.2) is 34.0 Å². The van der Waals surface area contributed by atoms with Crippen molar-refractivity contribution >= 4 is 23.6 Å². The van der Waals surface area contributed by atoms with Crippen LogP contribution in [0.2, 0.25) is 0 Å². The van der Waals surface area contributed by atoms with Gasteiger partial charge in [0.2, 0.25) is 0 Å². The molecule has 0 unspecified atom stereocenters. The lowest BCUT2D eigenvalue weighted by molar-refractivity contribution is -0.139. The van der Waals surface area contributed by atoms with Crippen LogP contribution in [-0.2, 0) is 15.9 Å². The molecule has 0 saturated carbocycles. The third-order valence-corrected chi connectivity index (χ3v) is 4.55. The summed E-state index contributed by atoms with van der Waals surface area (Å²) in [6.45, 7) is 6.65. The van der Waals surface area contributed by atoms with Gasteiger partial charge in [-0.3, -0.25) is 0 Å². The average molecular weight is 326 g/mol. The van der Waals surface area contributed by atoms with Crippen LogP contribution in [0.5, 0.6) is 0 Å². The molecule has 0 aromatic carbocycles. The molecule has 0 aliphatic carbocycles. The Hall–Kier alpha value is -1.54. The van der Waals surface area contributed by atoms with Gasteiger partial charge in [-0.15, -0.1) is 0 Å². The highest BCUT2D eigenvalue weighted by Crippen LogP contribution is 2.37. The highest BCUT2D eigenvalue weighted by Gasteiger charge is 2.52. The third kappa shape index (κ3) is 2.85. The van der Waals surface area contributed by atoms with Crippen molar-refractivity contribution in [1.29, 1.82) is 0 Å². The molecule has 3 rings (SSSR count). The SMILES string of the molecule is CC1(C)OB(c2ccnc3c2ccn3CC(F)(F)F)OC1(C)C. The smallest absolute Gasteiger partial charge is 0.399 e. The summed E-state index contributed by atoms with van der Waals surface area (Å²) in [5.41, 5.74) is -0.0621. The van der Waals surface area contributed by atoms with Crippen LogP contribution < -0.4 is 5.46 Å². The van der Waals surface area contributed by atoms with Crippen molar-refractivity contribution in [3.05, 3.63) is 24.5 Å². The largest absolute Gasteiger partial charge is 0.495 e. The van der Waals surface area contributed by atoms with E-state index in [1.807, 2.05) is 27.7 Å². The van der Waals surface area contributed by atoms with E-state index in [0.717, 1.165) is 4.57 Å². The van der Waals surface area contributed by atoms with Gasteiger partial charge in [0.05, 0.1) is 11.2 Å². The Balaban J connectivity index is 2.01. The minimum absolute atomic E-state index is 0.273. The van der Waals surface area contributed by atoms with Crippen molar-refractivity contribution in [1.82, 2.24) is 9.55 Å². The quantitative estimate of drug-likeness (QED) is 0.796. The van der Waals surface area contributed by atoms with Gasteiger partial charge in [0.1, 0.15) is 12.2 Å². The van der Waals surface area contributed by atoms with Gasteiger partial charge < -0.3 is 13.9 Å². The fourth-order valence-electron chi connectivity index (χ4n) is 2.61. The highest BCUT2D eigenvalue weighted by atomic mass is 19.4. The summed E-state index contributed by atoms with van der Waals surface area (Å²) >= 11 is 0. The molecule has 23 heavy (non-hydrogen) atoms. The summed E-state index contributed by atoms with van der Waals surface area (Å²) in [7, 11) is -0.632. The van der Waals surface area contributed by atoms with E-state index in [-0.39, 0.29) is 5.65 Å². The molecule has 1 fully saturated rings. The number of pyridine rings is 1. The van der Waals surface area contributed by atoms with E-state index < -0.39 is 31.0 Å². The molecule has 8 heteroatoms. The van der Waals surface area contributed by atoms with E-state index in [2.05, 4.69) is 4.98 Å². The zero-order valence-corrected chi connectivity index (χ0v) is 13.4. The molecule has 0 radical (unpaired) electrons. The Morgan fingerprint density at radius 3 is 2.30 bits per heavy atom. The summed E-state index contributed by atoms with van der Waals surface area (Å²) in [5, 5.41) is 0.607. The Labute approximate surface area is 132 Å². The molecular weight excluding hydrogens is 308 g/mol. The second-order valence-electron chi connectivity index (χ2n) is 6.78. The van der Waals surface area contributed by atoms with E-state index >= 15 is 0 Å². The number of hydrogen-bond acceptors (Lipinski definition) is 3. The van der Waals surface area contributed by atoms with Crippen molar-refractivity contribution in [2.45, 2.75) is 51.6 Å². The van der Waals surface area contributed by atoms with Gasteiger partial charge in [0.15, 0.2) is 0 Å². The lowest BCUT2D eigenvalue weighted by Crippen LogP contribution is -2.41. The highest BCUT2D eigenvalue weighted by molar-refractivity contribution is 6.65. The number of aromatic nitrogens is 2. The van der Waals surface area contributed by atoms with Crippen LogP contribution in [0.1, 0.15) is 27.7 Å². The first-order chi connectivity index (χ1) is 10.5. The monoisotopic (exact) mass is 326 g/mol. The van der Waals surface area contributed by atoms with Gasteiger partial charge in [0.25, 0.3) is 0 Å². The van der Waals surface area contributed by atoms with Crippen LogP contribution in [0.4, 0.5) is 13.2 Å². The number of rotatable bonds is 2. The van der Waals surface area contributed by atoms with Crippen LogP contribution in [0.15, 0.2) is 24.5 Å². The van der Waals surface area contributed by atoms with E-state index in [1.54, 1.807) is 12.1 Å². The molecule has 4 nitrogen and oxygen atoms in total. The van der Waals surface area contributed by atoms with Gasteiger partial charge >= 0.3 is 13.3 Å². The van der Waals surface area contributed by atoms with Crippen molar-refractivity contribution in [3.8, 4) is 0 Å². The van der Waals surface area contributed by atoms with Gasteiger partial charge in [-0.25, -0.2) is 4.98 Å². The maximum Gasteiger partial charge on any atom is 0.495 e. The Kier molecular flexibility index (Phi) is 3.53. The molecule has 0 N–H and O–H groups in total. The lowest BCUT2D eigenvalue weighted by atomic mass is 9.78. The second kappa shape index (κ2) is 4.98. The molecule has 2 aromatic rings. The molecule has 1 saturated heterocycles. The standard InChI is InChI=1S/C15H18BF3N2O2/c1-13(2)14(3,4)23-16(22-13)11-5-7-20-12-10(11)6-8-21(12)9-15(17,18)19/h5-8H,9H2,1-4H3. The Bertz CT molecular complexity index is 724. The number of hydrogen-bond donors (Lipinski definition) is 0. The zero-order valence-electron chi connectivity index (χ0n) is 13.4.